The fraction of sp³-hybridized carbons (Fsp3) is 0.538. The lowest BCUT2D eigenvalue weighted by Gasteiger charge is -2.36. The quantitative estimate of drug-likeness (QED) is 0.895. The summed E-state index contributed by atoms with van der Waals surface area (Å²) in [4.78, 5) is 2.66. The van der Waals surface area contributed by atoms with Crippen molar-refractivity contribution in [1.82, 2.24) is 5.32 Å². The standard InChI is InChI=1S/C13H20N2O2S/c1-10-4-5-12-13(8-10)18(16,17)9-11(2)15(12)7-6-14-3/h4-5,8,11,14H,6-7,9H2,1-3H3. The summed E-state index contributed by atoms with van der Waals surface area (Å²) < 4.78 is 24.4. The molecule has 1 aliphatic heterocycles. The maximum Gasteiger partial charge on any atom is 0.182 e. The van der Waals surface area contributed by atoms with Gasteiger partial charge in [-0.3, -0.25) is 0 Å². The summed E-state index contributed by atoms with van der Waals surface area (Å²) in [5, 5.41) is 3.11. The van der Waals surface area contributed by atoms with Crippen LogP contribution in [0.2, 0.25) is 0 Å². The number of aryl methyl sites for hydroxylation is 1. The highest BCUT2D eigenvalue weighted by Gasteiger charge is 2.32. The van der Waals surface area contributed by atoms with Crippen molar-refractivity contribution in [2.24, 2.45) is 0 Å². The van der Waals surface area contributed by atoms with Crippen molar-refractivity contribution >= 4 is 15.5 Å². The predicted octanol–water partition coefficient (Wildman–Crippen LogP) is 1.20. The molecule has 100 valence electrons. The molecule has 4 nitrogen and oxygen atoms in total. The van der Waals surface area contributed by atoms with Crippen LogP contribution in [0.1, 0.15) is 12.5 Å². The maximum absolute atomic E-state index is 12.2. The first-order chi connectivity index (χ1) is 8.45. The van der Waals surface area contributed by atoms with E-state index in [0.29, 0.717) is 4.90 Å². The van der Waals surface area contributed by atoms with E-state index in [1.807, 2.05) is 33.0 Å². The minimum absolute atomic E-state index is 0.0264. The second kappa shape index (κ2) is 4.90. The summed E-state index contributed by atoms with van der Waals surface area (Å²) in [6, 6.07) is 5.70. The van der Waals surface area contributed by atoms with Gasteiger partial charge in [0.15, 0.2) is 9.84 Å². The summed E-state index contributed by atoms with van der Waals surface area (Å²) in [7, 11) is -1.23. The third-order valence-electron chi connectivity index (χ3n) is 3.36. The number of sulfone groups is 1. The van der Waals surface area contributed by atoms with Crippen LogP contribution in [0.5, 0.6) is 0 Å². The summed E-state index contributed by atoms with van der Waals surface area (Å²) in [5.41, 5.74) is 1.83. The van der Waals surface area contributed by atoms with E-state index in [1.165, 1.54) is 0 Å². The molecule has 1 N–H and O–H groups in total. The van der Waals surface area contributed by atoms with Crippen molar-refractivity contribution in [3.8, 4) is 0 Å². The normalized spacial score (nSPS) is 21.7. The van der Waals surface area contributed by atoms with Crippen LogP contribution in [0.25, 0.3) is 0 Å². The van der Waals surface area contributed by atoms with Crippen LogP contribution in [0, 0.1) is 6.92 Å². The minimum atomic E-state index is -3.13. The van der Waals surface area contributed by atoms with E-state index in [4.69, 9.17) is 0 Å². The Kier molecular flexibility index (Phi) is 3.64. The molecule has 1 unspecified atom stereocenters. The van der Waals surface area contributed by atoms with E-state index in [-0.39, 0.29) is 11.8 Å². The first-order valence-electron chi connectivity index (χ1n) is 6.20. The molecule has 0 spiro atoms. The second-order valence-corrected chi connectivity index (χ2v) is 6.90. The molecule has 2 rings (SSSR count). The van der Waals surface area contributed by atoms with Crippen molar-refractivity contribution in [2.45, 2.75) is 24.8 Å². The van der Waals surface area contributed by atoms with Gasteiger partial charge in [-0.15, -0.1) is 0 Å². The third-order valence-corrected chi connectivity index (χ3v) is 5.27. The lowest BCUT2D eigenvalue weighted by Crippen LogP contribution is -2.45. The molecule has 5 heteroatoms. The summed E-state index contributed by atoms with van der Waals surface area (Å²) in [6.07, 6.45) is 0. The lowest BCUT2D eigenvalue weighted by atomic mass is 10.2. The molecular weight excluding hydrogens is 248 g/mol. The Bertz CT molecular complexity index is 540. The number of nitrogens with one attached hydrogen (secondary N) is 1. The fourth-order valence-corrected chi connectivity index (χ4v) is 4.28. The topological polar surface area (TPSA) is 49.4 Å². The van der Waals surface area contributed by atoms with Crippen molar-refractivity contribution in [1.29, 1.82) is 0 Å². The number of hydrogen-bond acceptors (Lipinski definition) is 4. The number of benzene rings is 1. The molecule has 18 heavy (non-hydrogen) atoms. The highest BCUT2D eigenvalue weighted by atomic mass is 32.2. The van der Waals surface area contributed by atoms with Crippen LogP contribution >= 0.6 is 0 Å². The van der Waals surface area contributed by atoms with Crippen molar-refractivity contribution in [3.63, 3.8) is 0 Å². The molecule has 0 bridgehead atoms. The van der Waals surface area contributed by atoms with Crippen molar-refractivity contribution in [3.05, 3.63) is 23.8 Å². The van der Waals surface area contributed by atoms with Gasteiger partial charge >= 0.3 is 0 Å². The van der Waals surface area contributed by atoms with Gasteiger partial charge in [-0.05, 0) is 38.6 Å². The van der Waals surface area contributed by atoms with E-state index in [1.54, 1.807) is 6.07 Å². The highest BCUT2D eigenvalue weighted by Crippen LogP contribution is 2.33. The second-order valence-electron chi connectivity index (χ2n) is 4.90. The van der Waals surface area contributed by atoms with Gasteiger partial charge in [0.1, 0.15) is 0 Å². The van der Waals surface area contributed by atoms with Gasteiger partial charge in [0, 0.05) is 19.1 Å². The number of hydrogen-bond donors (Lipinski definition) is 1. The number of fused-ring (bicyclic) bond motifs is 1. The van der Waals surface area contributed by atoms with Crippen LogP contribution in [-0.2, 0) is 9.84 Å². The third kappa shape index (κ3) is 2.37. The van der Waals surface area contributed by atoms with E-state index >= 15 is 0 Å². The van der Waals surface area contributed by atoms with E-state index in [9.17, 15) is 8.42 Å². The average Bonchev–Trinajstić information content (AvgIpc) is 2.29. The predicted molar refractivity (Wildman–Crippen MR) is 74.0 cm³/mol. The van der Waals surface area contributed by atoms with Crippen molar-refractivity contribution < 1.29 is 8.42 Å². The zero-order valence-corrected chi connectivity index (χ0v) is 11.9. The van der Waals surface area contributed by atoms with E-state index in [0.717, 1.165) is 24.3 Å². The van der Waals surface area contributed by atoms with Gasteiger partial charge in [-0.2, -0.15) is 0 Å². The molecule has 0 saturated carbocycles. The van der Waals surface area contributed by atoms with Crippen molar-refractivity contribution in [2.75, 3.05) is 30.8 Å². The Hall–Kier alpha value is -1.07. The number of rotatable bonds is 3. The lowest BCUT2D eigenvalue weighted by molar-refractivity contribution is 0.568. The molecule has 0 radical (unpaired) electrons. The van der Waals surface area contributed by atoms with Gasteiger partial charge in [0.05, 0.1) is 16.3 Å². The molecule has 0 aliphatic carbocycles. The number of anilines is 1. The molecule has 1 aromatic rings. The molecule has 0 aromatic heterocycles. The SMILES string of the molecule is CNCCN1c2ccc(C)cc2S(=O)(=O)CC1C. The van der Waals surface area contributed by atoms with Crippen LogP contribution < -0.4 is 10.2 Å². The maximum atomic E-state index is 12.2. The Morgan fingerprint density at radius 1 is 1.44 bits per heavy atom. The van der Waals surface area contributed by atoms with E-state index in [2.05, 4.69) is 10.2 Å². The molecular formula is C13H20N2O2S. The smallest absolute Gasteiger partial charge is 0.182 e. The highest BCUT2D eigenvalue weighted by molar-refractivity contribution is 7.91. The summed E-state index contributed by atoms with van der Waals surface area (Å²) in [6.45, 7) is 5.56. The van der Waals surface area contributed by atoms with Gasteiger partial charge in [0.2, 0.25) is 0 Å². The summed E-state index contributed by atoms with van der Waals surface area (Å²) in [5.74, 6) is 0.202. The number of nitrogens with zero attached hydrogens (tertiary/aromatic N) is 1. The largest absolute Gasteiger partial charge is 0.365 e. The van der Waals surface area contributed by atoms with Gasteiger partial charge < -0.3 is 10.2 Å². The van der Waals surface area contributed by atoms with Gasteiger partial charge in [-0.1, -0.05) is 6.07 Å². The van der Waals surface area contributed by atoms with Crippen LogP contribution in [-0.4, -0.2) is 40.3 Å². The monoisotopic (exact) mass is 268 g/mol. The minimum Gasteiger partial charge on any atom is -0.365 e. The molecule has 1 aromatic carbocycles. The zero-order valence-electron chi connectivity index (χ0n) is 11.1. The first kappa shape index (κ1) is 13.4. The van der Waals surface area contributed by atoms with Crippen LogP contribution in [0.3, 0.4) is 0 Å². The number of likely N-dealkylation sites (N-methyl/N-ethyl adjacent to an activating group) is 1. The Morgan fingerprint density at radius 3 is 2.83 bits per heavy atom. The Labute approximate surface area is 109 Å². The van der Waals surface area contributed by atoms with Gasteiger partial charge in [-0.25, -0.2) is 8.42 Å². The first-order valence-corrected chi connectivity index (χ1v) is 7.85. The molecule has 0 fully saturated rings. The molecule has 1 aliphatic rings. The van der Waals surface area contributed by atoms with E-state index < -0.39 is 9.84 Å². The molecule has 0 amide bonds. The van der Waals surface area contributed by atoms with Crippen LogP contribution in [0.4, 0.5) is 5.69 Å². The zero-order chi connectivity index (χ0) is 13.3. The molecule has 0 saturated heterocycles. The van der Waals surface area contributed by atoms with Crippen LogP contribution in [0.15, 0.2) is 23.1 Å². The average molecular weight is 268 g/mol. The molecule has 1 heterocycles. The molecule has 1 atom stereocenters. The fourth-order valence-electron chi connectivity index (χ4n) is 2.42. The Balaban J connectivity index is 2.48. The summed E-state index contributed by atoms with van der Waals surface area (Å²) >= 11 is 0. The van der Waals surface area contributed by atoms with Gasteiger partial charge in [0.25, 0.3) is 0 Å². The Morgan fingerprint density at radius 2 is 2.17 bits per heavy atom.